The molecular weight excluding hydrogens is 288 g/mol. The smallest absolute Gasteiger partial charge is 0.338 e. The zero-order chi connectivity index (χ0) is 15.8. The summed E-state index contributed by atoms with van der Waals surface area (Å²) in [4.78, 5) is 24.2. The van der Waals surface area contributed by atoms with Crippen LogP contribution in [-0.4, -0.2) is 23.7 Å². The third-order valence-electron chi connectivity index (χ3n) is 4.54. The van der Waals surface area contributed by atoms with Gasteiger partial charge in [-0.05, 0) is 43.6 Å². The Balaban J connectivity index is 2.00. The highest BCUT2D eigenvalue weighted by molar-refractivity contribution is 7.16. The van der Waals surface area contributed by atoms with Crippen LogP contribution in [0.15, 0.2) is 0 Å². The fourth-order valence-electron chi connectivity index (χ4n) is 2.49. The fourth-order valence-corrected chi connectivity index (χ4v) is 3.54. The number of rotatable bonds is 5. The predicted molar refractivity (Wildman–Crippen MR) is 84.3 cm³/mol. The molecule has 2 rings (SSSR count). The highest BCUT2D eigenvalue weighted by Gasteiger charge is 2.45. The molecule has 0 bridgehead atoms. The maximum atomic E-state index is 12.0. The van der Waals surface area contributed by atoms with E-state index in [1.807, 2.05) is 6.92 Å². The van der Waals surface area contributed by atoms with E-state index in [-0.39, 0.29) is 17.0 Å². The van der Waals surface area contributed by atoms with Crippen LogP contribution in [0.3, 0.4) is 0 Å². The maximum absolute atomic E-state index is 12.0. The second-order valence-electron chi connectivity index (χ2n) is 6.12. The van der Waals surface area contributed by atoms with E-state index in [1.54, 1.807) is 6.92 Å². The van der Waals surface area contributed by atoms with E-state index in [4.69, 9.17) is 0 Å². The molecule has 116 valence electrons. The number of aryl methyl sites for hydroxylation is 1. The first kappa shape index (κ1) is 15.8. The molecule has 5 nitrogen and oxygen atoms in total. The second-order valence-corrected chi connectivity index (χ2v) is 7.34. The van der Waals surface area contributed by atoms with Crippen LogP contribution in [-0.2, 0) is 0 Å². The van der Waals surface area contributed by atoms with E-state index in [2.05, 4.69) is 24.5 Å². The third kappa shape index (κ3) is 3.20. The topological polar surface area (TPSA) is 78.4 Å². The lowest BCUT2D eigenvalue weighted by Gasteiger charge is -2.20. The first-order valence-electron chi connectivity index (χ1n) is 7.15. The molecule has 0 aromatic carbocycles. The molecule has 0 saturated heterocycles. The van der Waals surface area contributed by atoms with Crippen molar-refractivity contribution in [3.63, 3.8) is 0 Å². The van der Waals surface area contributed by atoms with Crippen molar-refractivity contribution in [3.05, 3.63) is 16.0 Å². The minimum atomic E-state index is -1.01. The highest BCUT2D eigenvalue weighted by Crippen LogP contribution is 2.51. The molecule has 3 N–H and O–H groups in total. The van der Waals surface area contributed by atoms with Crippen LogP contribution in [0.5, 0.6) is 0 Å². The fraction of sp³-hybridized carbons (Fsp3) is 0.600. The van der Waals surface area contributed by atoms with Gasteiger partial charge < -0.3 is 10.4 Å². The molecule has 0 radical (unpaired) electrons. The number of carbonyl (C=O) groups is 2. The van der Waals surface area contributed by atoms with Crippen molar-refractivity contribution in [2.45, 2.75) is 40.5 Å². The van der Waals surface area contributed by atoms with Gasteiger partial charge in [-0.25, -0.2) is 9.59 Å². The lowest BCUT2D eigenvalue weighted by molar-refractivity contribution is 0.0697. The molecule has 6 heteroatoms. The first-order valence-corrected chi connectivity index (χ1v) is 7.96. The van der Waals surface area contributed by atoms with Crippen LogP contribution >= 0.6 is 11.3 Å². The summed E-state index contributed by atoms with van der Waals surface area (Å²) >= 11 is 1.30. The Kier molecular flexibility index (Phi) is 4.27. The van der Waals surface area contributed by atoms with Crippen molar-refractivity contribution < 1.29 is 14.7 Å². The number of carbonyl (C=O) groups excluding carboxylic acids is 1. The Bertz CT molecular complexity index is 574. The van der Waals surface area contributed by atoms with Gasteiger partial charge in [0.25, 0.3) is 0 Å². The number of aromatic carboxylic acids is 1. The van der Waals surface area contributed by atoms with Gasteiger partial charge in [0.2, 0.25) is 0 Å². The summed E-state index contributed by atoms with van der Waals surface area (Å²) in [5.41, 5.74) is 1.13. The number of hydrogen-bond donors (Lipinski definition) is 3. The van der Waals surface area contributed by atoms with Gasteiger partial charge in [0.05, 0.1) is 5.56 Å². The molecule has 1 fully saturated rings. The molecule has 0 unspecified atom stereocenters. The van der Waals surface area contributed by atoms with Crippen molar-refractivity contribution in [1.29, 1.82) is 0 Å². The first-order chi connectivity index (χ1) is 9.77. The SMILES string of the molecule is Cc1sc(NC(=O)NCC2(C(C)C)CC2)c(C(=O)O)c1C. The van der Waals surface area contributed by atoms with Crippen molar-refractivity contribution in [2.24, 2.45) is 11.3 Å². The summed E-state index contributed by atoms with van der Waals surface area (Å²) < 4.78 is 0. The van der Waals surface area contributed by atoms with Crippen LogP contribution in [0.1, 0.15) is 47.5 Å². The Morgan fingerprint density at radius 1 is 1.33 bits per heavy atom. The van der Waals surface area contributed by atoms with Gasteiger partial charge in [-0.1, -0.05) is 13.8 Å². The molecule has 1 aromatic heterocycles. The number of nitrogens with one attached hydrogen (secondary N) is 2. The molecule has 0 spiro atoms. The van der Waals surface area contributed by atoms with Crippen LogP contribution < -0.4 is 10.6 Å². The summed E-state index contributed by atoms with van der Waals surface area (Å²) in [6.07, 6.45) is 2.28. The normalized spacial score (nSPS) is 15.9. The summed E-state index contributed by atoms with van der Waals surface area (Å²) in [6, 6.07) is -0.328. The van der Waals surface area contributed by atoms with Crippen molar-refractivity contribution in [2.75, 3.05) is 11.9 Å². The predicted octanol–water partition coefficient (Wildman–Crippen LogP) is 3.62. The van der Waals surface area contributed by atoms with E-state index >= 15 is 0 Å². The van der Waals surface area contributed by atoms with Gasteiger partial charge >= 0.3 is 12.0 Å². The number of carboxylic acids is 1. The minimum Gasteiger partial charge on any atom is -0.478 e. The standard InChI is InChI=1S/C15H22N2O3S/c1-8(2)15(5-6-15)7-16-14(20)17-12-11(13(18)19)9(3)10(4)21-12/h8H,5-7H2,1-4H3,(H,18,19)(H2,16,17,20). The van der Waals surface area contributed by atoms with Gasteiger partial charge in [-0.15, -0.1) is 11.3 Å². The molecular formula is C15H22N2O3S. The molecule has 1 heterocycles. The minimum absolute atomic E-state index is 0.192. The van der Waals surface area contributed by atoms with Crippen LogP contribution in [0, 0.1) is 25.2 Å². The number of carboxylic acid groups (broad SMARTS) is 1. The molecule has 1 saturated carbocycles. The van der Waals surface area contributed by atoms with E-state index in [1.165, 1.54) is 11.3 Å². The number of amides is 2. The van der Waals surface area contributed by atoms with Crippen LogP contribution in [0.4, 0.5) is 9.80 Å². The van der Waals surface area contributed by atoms with Gasteiger partial charge in [0, 0.05) is 11.4 Å². The quantitative estimate of drug-likeness (QED) is 0.777. The molecule has 1 aromatic rings. The number of thiophene rings is 1. The number of hydrogen-bond acceptors (Lipinski definition) is 3. The summed E-state index contributed by atoms with van der Waals surface area (Å²) in [5.74, 6) is -0.466. The third-order valence-corrected chi connectivity index (χ3v) is 5.67. The molecule has 1 aliphatic rings. The molecule has 2 amide bonds. The monoisotopic (exact) mass is 310 g/mol. The number of anilines is 1. The van der Waals surface area contributed by atoms with Gasteiger partial charge in [-0.2, -0.15) is 0 Å². The summed E-state index contributed by atoms with van der Waals surface area (Å²) in [5, 5.41) is 15.2. The van der Waals surface area contributed by atoms with E-state index < -0.39 is 5.97 Å². The Morgan fingerprint density at radius 2 is 1.95 bits per heavy atom. The average Bonchev–Trinajstić information content (AvgIpc) is 3.11. The highest BCUT2D eigenvalue weighted by atomic mass is 32.1. The summed E-state index contributed by atoms with van der Waals surface area (Å²) in [6.45, 7) is 8.59. The summed E-state index contributed by atoms with van der Waals surface area (Å²) in [7, 11) is 0. The second kappa shape index (κ2) is 5.67. The Hall–Kier alpha value is -1.56. The maximum Gasteiger partial charge on any atom is 0.338 e. The molecule has 0 atom stereocenters. The van der Waals surface area contributed by atoms with E-state index in [0.29, 0.717) is 23.0 Å². The molecule has 1 aliphatic carbocycles. The lowest BCUT2D eigenvalue weighted by atomic mass is 9.92. The number of urea groups is 1. The van der Waals surface area contributed by atoms with E-state index in [0.717, 1.165) is 17.7 Å². The van der Waals surface area contributed by atoms with Crippen molar-refractivity contribution >= 4 is 28.3 Å². The van der Waals surface area contributed by atoms with Crippen LogP contribution in [0.2, 0.25) is 0 Å². The van der Waals surface area contributed by atoms with Crippen LogP contribution in [0.25, 0.3) is 0 Å². The lowest BCUT2D eigenvalue weighted by Crippen LogP contribution is -2.35. The van der Waals surface area contributed by atoms with Gasteiger partial charge in [-0.3, -0.25) is 5.32 Å². The van der Waals surface area contributed by atoms with Gasteiger partial charge in [0.15, 0.2) is 0 Å². The van der Waals surface area contributed by atoms with Gasteiger partial charge in [0.1, 0.15) is 5.00 Å². The molecule has 0 aliphatic heterocycles. The van der Waals surface area contributed by atoms with E-state index in [9.17, 15) is 14.7 Å². The van der Waals surface area contributed by atoms with Crippen molar-refractivity contribution in [1.82, 2.24) is 5.32 Å². The van der Waals surface area contributed by atoms with Crippen molar-refractivity contribution in [3.8, 4) is 0 Å². The molecule has 21 heavy (non-hydrogen) atoms. The zero-order valence-electron chi connectivity index (χ0n) is 12.9. The average molecular weight is 310 g/mol. The zero-order valence-corrected chi connectivity index (χ0v) is 13.7. The Labute approximate surface area is 128 Å². The Morgan fingerprint density at radius 3 is 2.43 bits per heavy atom. The largest absolute Gasteiger partial charge is 0.478 e.